The Morgan fingerprint density at radius 3 is 2.73 bits per heavy atom. The Hall–Kier alpha value is -0.850. The van der Waals surface area contributed by atoms with Crippen LogP contribution in [0.2, 0.25) is 0 Å². The van der Waals surface area contributed by atoms with E-state index in [0.29, 0.717) is 4.47 Å². The largest absolute Gasteiger partial charge is 0.504 e. The summed E-state index contributed by atoms with van der Waals surface area (Å²) in [6, 6.07) is 1.37. The number of ether oxygens (including phenoxy) is 1. The zero-order valence-electron chi connectivity index (χ0n) is 8.00. The minimum absolute atomic E-state index is 0.0303. The average Bonchev–Trinajstić information content (AvgIpc) is 2.23. The van der Waals surface area contributed by atoms with Crippen LogP contribution < -0.4 is 10.5 Å². The standard InChI is InChI=1S/C9H11BrFNO3/c1-15-9-5(10)2-4(6(13)3-12)8(14)7(9)11/h2,6,13-14H,3,12H2,1H3. The van der Waals surface area contributed by atoms with Gasteiger partial charge < -0.3 is 20.7 Å². The molecule has 0 radical (unpaired) electrons. The van der Waals surface area contributed by atoms with Gasteiger partial charge in [-0.2, -0.15) is 4.39 Å². The smallest absolute Gasteiger partial charge is 0.208 e. The molecule has 0 aliphatic rings. The SMILES string of the molecule is COc1c(Br)cc(C(O)CN)c(O)c1F. The van der Waals surface area contributed by atoms with Crippen LogP contribution in [0, 0.1) is 5.82 Å². The highest BCUT2D eigenvalue weighted by molar-refractivity contribution is 9.10. The number of aliphatic hydroxyl groups excluding tert-OH is 1. The molecule has 0 bridgehead atoms. The van der Waals surface area contributed by atoms with E-state index in [0.717, 1.165) is 0 Å². The van der Waals surface area contributed by atoms with Gasteiger partial charge in [-0.15, -0.1) is 0 Å². The van der Waals surface area contributed by atoms with Crippen molar-refractivity contribution in [3.05, 3.63) is 21.9 Å². The molecule has 1 atom stereocenters. The Bertz CT molecular complexity index is 373. The number of hydrogen-bond acceptors (Lipinski definition) is 4. The second-order valence-corrected chi connectivity index (χ2v) is 3.75. The summed E-state index contributed by atoms with van der Waals surface area (Å²) < 4.78 is 18.5. The van der Waals surface area contributed by atoms with Crippen molar-refractivity contribution in [2.45, 2.75) is 6.10 Å². The predicted octanol–water partition coefficient (Wildman–Crippen LogP) is 1.29. The Kier molecular flexibility index (Phi) is 3.90. The van der Waals surface area contributed by atoms with E-state index in [2.05, 4.69) is 15.9 Å². The number of halogens is 2. The van der Waals surface area contributed by atoms with Crippen LogP contribution in [0.3, 0.4) is 0 Å². The number of aromatic hydroxyl groups is 1. The molecule has 15 heavy (non-hydrogen) atoms. The first kappa shape index (κ1) is 12.2. The summed E-state index contributed by atoms with van der Waals surface area (Å²) >= 11 is 3.06. The van der Waals surface area contributed by atoms with Crippen LogP contribution in [0.4, 0.5) is 4.39 Å². The summed E-state index contributed by atoms with van der Waals surface area (Å²) in [6.45, 7) is -0.105. The molecule has 0 fully saturated rings. The molecule has 4 N–H and O–H groups in total. The first-order chi connectivity index (χ1) is 7.02. The van der Waals surface area contributed by atoms with E-state index in [1.165, 1.54) is 13.2 Å². The molecule has 84 valence electrons. The average molecular weight is 280 g/mol. The molecule has 0 saturated heterocycles. The molecule has 1 rings (SSSR count). The number of phenolic OH excluding ortho intramolecular Hbond substituents is 1. The van der Waals surface area contributed by atoms with Gasteiger partial charge in [-0.25, -0.2) is 0 Å². The summed E-state index contributed by atoms with van der Waals surface area (Å²) in [5.74, 6) is -1.68. The molecule has 6 heteroatoms. The Morgan fingerprint density at radius 1 is 1.67 bits per heavy atom. The lowest BCUT2D eigenvalue weighted by molar-refractivity contribution is 0.181. The lowest BCUT2D eigenvalue weighted by Crippen LogP contribution is -2.12. The second-order valence-electron chi connectivity index (χ2n) is 2.89. The number of rotatable bonds is 3. The first-order valence-electron chi connectivity index (χ1n) is 4.15. The van der Waals surface area contributed by atoms with Crippen LogP contribution in [0.25, 0.3) is 0 Å². The first-order valence-corrected chi connectivity index (χ1v) is 4.95. The molecule has 0 saturated carbocycles. The van der Waals surface area contributed by atoms with Gasteiger partial charge in [0.2, 0.25) is 5.82 Å². The Balaban J connectivity index is 3.33. The van der Waals surface area contributed by atoms with Crippen LogP contribution in [0.15, 0.2) is 10.5 Å². The molecule has 1 aromatic rings. The zero-order valence-corrected chi connectivity index (χ0v) is 9.58. The van der Waals surface area contributed by atoms with Crippen LogP contribution in [-0.2, 0) is 0 Å². The van der Waals surface area contributed by atoms with Gasteiger partial charge in [-0.1, -0.05) is 0 Å². The van der Waals surface area contributed by atoms with E-state index in [-0.39, 0.29) is 17.9 Å². The molecule has 0 aromatic heterocycles. The van der Waals surface area contributed by atoms with Crippen LogP contribution in [0.5, 0.6) is 11.5 Å². The van der Waals surface area contributed by atoms with E-state index < -0.39 is 17.7 Å². The van der Waals surface area contributed by atoms with Gasteiger partial charge in [0.25, 0.3) is 0 Å². The molecule has 4 nitrogen and oxygen atoms in total. The van der Waals surface area contributed by atoms with Crippen molar-refractivity contribution in [2.24, 2.45) is 5.73 Å². The zero-order chi connectivity index (χ0) is 11.6. The number of aliphatic hydroxyl groups is 1. The topological polar surface area (TPSA) is 75.7 Å². The van der Waals surface area contributed by atoms with Crippen molar-refractivity contribution in [3.63, 3.8) is 0 Å². The summed E-state index contributed by atoms with van der Waals surface area (Å²) in [7, 11) is 1.28. The number of benzene rings is 1. The highest BCUT2D eigenvalue weighted by Crippen LogP contribution is 2.38. The maximum atomic E-state index is 13.5. The third-order valence-electron chi connectivity index (χ3n) is 1.97. The van der Waals surface area contributed by atoms with E-state index in [4.69, 9.17) is 10.5 Å². The van der Waals surface area contributed by atoms with Gasteiger partial charge in [-0.3, -0.25) is 0 Å². The predicted molar refractivity (Wildman–Crippen MR) is 56.3 cm³/mol. The van der Waals surface area contributed by atoms with Crippen molar-refractivity contribution in [1.29, 1.82) is 0 Å². The quantitative estimate of drug-likeness (QED) is 0.780. The van der Waals surface area contributed by atoms with Gasteiger partial charge in [-0.05, 0) is 22.0 Å². The third-order valence-corrected chi connectivity index (χ3v) is 2.56. The number of nitrogens with two attached hydrogens (primary N) is 1. The van der Waals surface area contributed by atoms with Gasteiger partial charge in [0, 0.05) is 12.1 Å². The van der Waals surface area contributed by atoms with Crippen molar-refractivity contribution in [3.8, 4) is 11.5 Å². The number of methoxy groups -OCH3 is 1. The van der Waals surface area contributed by atoms with Crippen molar-refractivity contribution in [1.82, 2.24) is 0 Å². The molecular weight excluding hydrogens is 269 g/mol. The lowest BCUT2D eigenvalue weighted by atomic mass is 10.1. The molecule has 1 aromatic carbocycles. The maximum Gasteiger partial charge on any atom is 0.208 e. The van der Waals surface area contributed by atoms with E-state index >= 15 is 0 Å². The summed E-state index contributed by atoms with van der Waals surface area (Å²) in [6.07, 6.45) is -1.11. The fraction of sp³-hybridized carbons (Fsp3) is 0.333. The minimum atomic E-state index is -1.11. The number of hydrogen-bond donors (Lipinski definition) is 3. The van der Waals surface area contributed by atoms with Crippen molar-refractivity contribution < 1.29 is 19.3 Å². The molecular formula is C9H11BrFNO3. The van der Waals surface area contributed by atoms with Gasteiger partial charge >= 0.3 is 0 Å². The minimum Gasteiger partial charge on any atom is -0.504 e. The number of phenols is 1. The Morgan fingerprint density at radius 2 is 2.27 bits per heavy atom. The molecule has 0 spiro atoms. The van der Waals surface area contributed by atoms with Crippen LogP contribution in [0.1, 0.15) is 11.7 Å². The molecule has 0 aliphatic carbocycles. The molecule has 0 amide bonds. The van der Waals surface area contributed by atoms with Crippen molar-refractivity contribution in [2.75, 3.05) is 13.7 Å². The van der Waals surface area contributed by atoms with E-state index in [1.807, 2.05) is 0 Å². The highest BCUT2D eigenvalue weighted by atomic mass is 79.9. The molecule has 0 heterocycles. The van der Waals surface area contributed by atoms with E-state index in [1.54, 1.807) is 0 Å². The summed E-state index contributed by atoms with van der Waals surface area (Å²) in [5, 5.41) is 18.9. The highest BCUT2D eigenvalue weighted by Gasteiger charge is 2.20. The van der Waals surface area contributed by atoms with Gasteiger partial charge in [0.1, 0.15) is 0 Å². The monoisotopic (exact) mass is 279 g/mol. The maximum absolute atomic E-state index is 13.5. The fourth-order valence-electron chi connectivity index (χ4n) is 1.18. The molecule has 0 aliphatic heterocycles. The third kappa shape index (κ3) is 2.22. The van der Waals surface area contributed by atoms with Crippen LogP contribution >= 0.6 is 15.9 Å². The normalized spacial score (nSPS) is 12.6. The lowest BCUT2D eigenvalue weighted by Gasteiger charge is -2.14. The van der Waals surface area contributed by atoms with Crippen LogP contribution in [-0.4, -0.2) is 23.9 Å². The van der Waals surface area contributed by atoms with Gasteiger partial charge in [0.05, 0.1) is 17.7 Å². The summed E-state index contributed by atoms with van der Waals surface area (Å²) in [5.41, 5.74) is 5.24. The Labute approximate surface area is 94.6 Å². The van der Waals surface area contributed by atoms with Gasteiger partial charge in [0.15, 0.2) is 11.5 Å². The fourth-order valence-corrected chi connectivity index (χ4v) is 1.76. The second kappa shape index (κ2) is 4.78. The summed E-state index contributed by atoms with van der Waals surface area (Å²) in [4.78, 5) is 0. The van der Waals surface area contributed by atoms with E-state index in [9.17, 15) is 14.6 Å². The molecule has 1 unspecified atom stereocenters. The van der Waals surface area contributed by atoms with Crippen molar-refractivity contribution >= 4 is 15.9 Å².